The van der Waals surface area contributed by atoms with Crippen LogP contribution in [0, 0.1) is 11.8 Å². The van der Waals surface area contributed by atoms with Crippen molar-refractivity contribution in [1.82, 2.24) is 20.0 Å². The van der Waals surface area contributed by atoms with E-state index in [1.54, 1.807) is 4.90 Å². The molecule has 1 aliphatic heterocycles. The number of aromatic nitrogens is 2. The quantitative estimate of drug-likeness (QED) is 0.704. The van der Waals surface area contributed by atoms with Gasteiger partial charge >= 0.3 is 0 Å². The number of nitrogens with one attached hydrogen (secondary N) is 1. The Hall–Kier alpha value is -2.67. The summed E-state index contributed by atoms with van der Waals surface area (Å²) in [5, 5.41) is 17.9. The van der Waals surface area contributed by atoms with E-state index in [9.17, 15) is 14.7 Å². The SMILES string of the molecule is CCn1nccc1-c1cccc2c1CCCC2NC(=O)C1CC(O)CN1C(=O)C(C)C(C)C. The minimum absolute atomic E-state index is 0.0548. The zero-order valence-electron chi connectivity index (χ0n) is 20.1. The van der Waals surface area contributed by atoms with Crippen LogP contribution in [0.25, 0.3) is 11.3 Å². The molecule has 2 N–H and O–H groups in total. The second-order valence-corrected chi connectivity index (χ2v) is 9.79. The van der Waals surface area contributed by atoms with Gasteiger partial charge in [-0.15, -0.1) is 0 Å². The summed E-state index contributed by atoms with van der Waals surface area (Å²) in [6.07, 6.45) is 4.26. The largest absolute Gasteiger partial charge is 0.391 e. The summed E-state index contributed by atoms with van der Waals surface area (Å²) in [5.41, 5.74) is 4.67. The molecule has 7 heteroatoms. The molecule has 2 heterocycles. The van der Waals surface area contributed by atoms with Crippen molar-refractivity contribution < 1.29 is 14.7 Å². The molecule has 4 unspecified atom stereocenters. The molecule has 2 aliphatic rings. The third kappa shape index (κ3) is 4.56. The molecular formula is C26H36N4O3. The molecular weight excluding hydrogens is 416 g/mol. The van der Waals surface area contributed by atoms with Gasteiger partial charge in [0.15, 0.2) is 0 Å². The van der Waals surface area contributed by atoms with Gasteiger partial charge in [0.2, 0.25) is 11.8 Å². The molecule has 2 amide bonds. The summed E-state index contributed by atoms with van der Waals surface area (Å²) in [5.74, 6) is -0.232. The number of aryl methyl sites for hydroxylation is 1. The first-order valence-corrected chi connectivity index (χ1v) is 12.2. The second kappa shape index (κ2) is 9.67. The van der Waals surface area contributed by atoms with E-state index in [-0.39, 0.29) is 42.7 Å². The summed E-state index contributed by atoms with van der Waals surface area (Å²) >= 11 is 0. The van der Waals surface area contributed by atoms with E-state index in [4.69, 9.17) is 0 Å². The number of benzene rings is 1. The fourth-order valence-corrected chi connectivity index (χ4v) is 5.17. The normalized spacial score (nSPS) is 23.5. The number of β-amino-alcohol motifs (C(OH)–C–C–N with tert-alkyl or cyclic N) is 1. The highest BCUT2D eigenvalue weighted by Gasteiger charge is 2.41. The summed E-state index contributed by atoms with van der Waals surface area (Å²) in [7, 11) is 0. The fraction of sp³-hybridized carbons (Fsp3) is 0.577. The number of rotatable bonds is 6. The standard InChI is InChI=1S/C26H36N4O3/c1-5-30-23(12-13-27-30)21-10-6-9-20-19(21)8-7-11-22(20)28-25(32)24-14-18(31)15-29(24)26(33)17(4)16(2)3/h6,9-10,12-13,16-18,22,24,31H,5,7-8,11,14-15H2,1-4H3,(H,28,32). The number of amides is 2. The van der Waals surface area contributed by atoms with Crippen molar-refractivity contribution >= 4 is 11.8 Å². The van der Waals surface area contributed by atoms with E-state index in [2.05, 4.69) is 29.5 Å². The Morgan fingerprint density at radius 2 is 2.03 bits per heavy atom. The van der Waals surface area contributed by atoms with Crippen LogP contribution in [0.3, 0.4) is 0 Å². The van der Waals surface area contributed by atoms with Crippen LogP contribution in [-0.2, 0) is 22.6 Å². The number of likely N-dealkylation sites (tertiary alicyclic amines) is 1. The van der Waals surface area contributed by atoms with Gasteiger partial charge in [0, 0.05) is 37.2 Å². The van der Waals surface area contributed by atoms with Gasteiger partial charge in [0.05, 0.1) is 17.8 Å². The van der Waals surface area contributed by atoms with Gasteiger partial charge < -0.3 is 15.3 Å². The minimum Gasteiger partial charge on any atom is -0.391 e. The Labute approximate surface area is 196 Å². The van der Waals surface area contributed by atoms with E-state index in [1.165, 1.54) is 11.1 Å². The Morgan fingerprint density at radius 1 is 1.24 bits per heavy atom. The molecule has 0 bridgehead atoms. The molecule has 4 atom stereocenters. The number of fused-ring (bicyclic) bond motifs is 1. The van der Waals surface area contributed by atoms with Crippen LogP contribution in [0.15, 0.2) is 30.5 Å². The predicted molar refractivity (Wildman–Crippen MR) is 127 cm³/mol. The van der Waals surface area contributed by atoms with Crippen LogP contribution < -0.4 is 5.32 Å². The number of nitrogens with zero attached hydrogens (tertiary/aromatic N) is 3. The molecule has 7 nitrogen and oxygen atoms in total. The molecule has 178 valence electrons. The van der Waals surface area contributed by atoms with Crippen LogP contribution in [-0.4, -0.2) is 50.3 Å². The van der Waals surface area contributed by atoms with E-state index >= 15 is 0 Å². The lowest BCUT2D eigenvalue weighted by Gasteiger charge is -2.32. The topological polar surface area (TPSA) is 87.5 Å². The molecule has 0 spiro atoms. The monoisotopic (exact) mass is 452 g/mol. The Kier molecular flexibility index (Phi) is 6.88. The number of aliphatic hydroxyl groups excluding tert-OH is 1. The van der Waals surface area contributed by atoms with Crippen molar-refractivity contribution in [3.63, 3.8) is 0 Å². The maximum atomic E-state index is 13.4. The van der Waals surface area contributed by atoms with Crippen molar-refractivity contribution in [2.45, 2.75) is 78.1 Å². The van der Waals surface area contributed by atoms with Crippen LogP contribution in [0.4, 0.5) is 0 Å². The van der Waals surface area contributed by atoms with E-state index in [0.717, 1.165) is 37.1 Å². The van der Waals surface area contributed by atoms with Crippen molar-refractivity contribution in [1.29, 1.82) is 0 Å². The molecule has 1 aliphatic carbocycles. The molecule has 1 aromatic heterocycles. The molecule has 2 aromatic rings. The highest BCUT2D eigenvalue weighted by atomic mass is 16.3. The van der Waals surface area contributed by atoms with Gasteiger partial charge in [-0.25, -0.2) is 0 Å². The Balaban J connectivity index is 1.57. The molecule has 33 heavy (non-hydrogen) atoms. The van der Waals surface area contributed by atoms with E-state index in [0.29, 0.717) is 0 Å². The lowest BCUT2D eigenvalue weighted by molar-refractivity contribution is -0.142. The van der Waals surface area contributed by atoms with Gasteiger partial charge in [0.25, 0.3) is 0 Å². The van der Waals surface area contributed by atoms with Gasteiger partial charge in [0.1, 0.15) is 6.04 Å². The number of hydrogen-bond acceptors (Lipinski definition) is 4. The molecule has 0 saturated carbocycles. The summed E-state index contributed by atoms with van der Waals surface area (Å²) < 4.78 is 2.00. The molecule has 1 aromatic carbocycles. The van der Waals surface area contributed by atoms with Crippen molar-refractivity contribution in [3.05, 3.63) is 41.6 Å². The number of hydrogen-bond donors (Lipinski definition) is 2. The third-order valence-corrected chi connectivity index (χ3v) is 7.37. The highest BCUT2D eigenvalue weighted by Crippen LogP contribution is 2.36. The maximum Gasteiger partial charge on any atom is 0.243 e. The summed E-state index contributed by atoms with van der Waals surface area (Å²) in [6, 6.07) is 7.60. The average molecular weight is 453 g/mol. The van der Waals surface area contributed by atoms with Gasteiger partial charge in [-0.1, -0.05) is 39.0 Å². The lowest BCUT2D eigenvalue weighted by Crippen LogP contribution is -2.49. The van der Waals surface area contributed by atoms with Gasteiger partial charge in [-0.3, -0.25) is 14.3 Å². The number of carbonyl (C=O) groups is 2. The van der Waals surface area contributed by atoms with Crippen molar-refractivity contribution in [2.24, 2.45) is 11.8 Å². The van der Waals surface area contributed by atoms with Crippen LogP contribution >= 0.6 is 0 Å². The first-order valence-electron chi connectivity index (χ1n) is 12.2. The van der Waals surface area contributed by atoms with Crippen LogP contribution in [0.2, 0.25) is 0 Å². The molecule has 0 radical (unpaired) electrons. The lowest BCUT2D eigenvalue weighted by atomic mass is 9.84. The Morgan fingerprint density at radius 3 is 2.76 bits per heavy atom. The van der Waals surface area contributed by atoms with Gasteiger partial charge in [-0.05, 0) is 49.3 Å². The predicted octanol–water partition coefficient (Wildman–Crippen LogP) is 3.32. The summed E-state index contributed by atoms with van der Waals surface area (Å²) in [4.78, 5) is 27.9. The maximum absolute atomic E-state index is 13.4. The zero-order chi connectivity index (χ0) is 23.7. The first kappa shape index (κ1) is 23.5. The molecule has 1 fully saturated rings. The van der Waals surface area contributed by atoms with Crippen molar-refractivity contribution in [3.8, 4) is 11.3 Å². The first-order chi connectivity index (χ1) is 15.8. The molecule has 4 rings (SSSR count). The third-order valence-electron chi connectivity index (χ3n) is 7.37. The second-order valence-electron chi connectivity index (χ2n) is 9.79. The molecule has 1 saturated heterocycles. The fourth-order valence-electron chi connectivity index (χ4n) is 5.17. The van der Waals surface area contributed by atoms with Crippen LogP contribution in [0.5, 0.6) is 0 Å². The van der Waals surface area contributed by atoms with Crippen LogP contribution in [0.1, 0.15) is 64.1 Å². The number of aliphatic hydroxyl groups is 1. The zero-order valence-corrected chi connectivity index (χ0v) is 20.1. The van der Waals surface area contributed by atoms with E-state index < -0.39 is 12.1 Å². The highest BCUT2D eigenvalue weighted by molar-refractivity contribution is 5.89. The minimum atomic E-state index is -0.663. The van der Waals surface area contributed by atoms with E-state index in [1.807, 2.05) is 43.8 Å². The van der Waals surface area contributed by atoms with Crippen molar-refractivity contribution in [2.75, 3.05) is 6.54 Å². The number of carbonyl (C=O) groups excluding carboxylic acids is 2. The summed E-state index contributed by atoms with van der Waals surface area (Å²) in [6.45, 7) is 9.01. The Bertz CT molecular complexity index is 1010. The van der Waals surface area contributed by atoms with Gasteiger partial charge in [-0.2, -0.15) is 5.10 Å². The smallest absolute Gasteiger partial charge is 0.243 e. The average Bonchev–Trinajstić information content (AvgIpc) is 3.44.